The van der Waals surface area contributed by atoms with Crippen LogP contribution >= 0.6 is 15.9 Å². The number of rotatable bonds is 4. The molecule has 1 heterocycles. The number of nitrogens with zero attached hydrogens (tertiary/aromatic N) is 2. The van der Waals surface area contributed by atoms with E-state index in [1.807, 2.05) is 6.07 Å². The minimum atomic E-state index is -0.568. The van der Waals surface area contributed by atoms with Crippen molar-refractivity contribution in [1.29, 1.82) is 0 Å². The van der Waals surface area contributed by atoms with Gasteiger partial charge < -0.3 is 20.8 Å². The lowest BCUT2D eigenvalue weighted by Gasteiger charge is -2.22. The summed E-state index contributed by atoms with van der Waals surface area (Å²) in [5.41, 5.74) is 7.01. The molecule has 1 aromatic rings. The van der Waals surface area contributed by atoms with Crippen LogP contribution in [0.5, 0.6) is 0 Å². The maximum atomic E-state index is 11.7. The Balaban J connectivity index is 2.87. The third-order valence-corrected chi connectivity index (χ3v) is 3.01. The normalized spacial score (nSPS) is 12.5. The highest BCUT2D eigenvalue weighted by Gasteiger charge is 2.17. The Morgan fingerprint density at radius 1 is 1.45 bits per heavy atom. The van der Waals surface area contributed by atoms with E-state index in [1.165, 1.54) is 5.01 Å². The van der Waals surface area contributed by atoms with Crippen LogP contribution in [0.25, 0.3) is 5.70 Å². The molecule has 5 N–H and O–H groups in total. The molecule has 0 saturated carbocycles. The SMILES string of the molecule is CN(N)/C(CNC(=O)OC(C)(C)C)=C(\N)c1ccc(Br)cn1. The third kappa shape index (κ3) is 5.90. The Kier molecular flexibility index (Phi) is 6.19. The lowest BCUT2D eigenvalue weighted by molar-refractivity contribution is 0.0530. The largest absolute Gasteiger partial charge is 0.444 e. The number of nitrogens with two attached hydrogens (primary N) is 2. The second-order valence-corrected chi connectivity index (χ2v) is 6.60. The van der Waals surface area contributed by atoms with E-state index >= 15 is 0 Å². The number of hydrogen-bond donors (Lipinski definition) is 3. The molecule has 0 spiro atoms. The molecule has 122 valence electrons. The first-order valence-corrected chi connectivity index (χ1v) is 7.45. The summed E-state index contributed by atoms with van der Waals surface area (Å²) < 4.78 is 6.02. The highest BCUT2D eigenvalue weighted by molar-refractivity contribution is 9.10. The van der Waals surface area contributed by atoms with Gasteiger partial charge in [0, 0.05) is 17.7 Å². The van der Waals surface area contributed by atoms with Crippen LogP contribution in [-0.4, -0.2) is 35.3 Å². The number of nitrogens with one attached hydrogen (secondary N) is 1. The zero-order valence-electron chi connectivity index (χ0n) is 13.2. The van der Waals surface area contributed by atoms with Gasteiger partial charge in [0.15, 0.2) is 0 Å². The van der Waals surface area contributed by atoms with Crippen LogP contribution in [-0.2, 0) is 4.74 Å². The lowest BCUT2D eigenvalue weighted by atomic mass is 10.2. The van der Waals surface area contributed by atoms with E-state index < -0.39 is 11.7 Å². The van der Waals surface area contributed by atoms with E-state index in [9.17, 15) is 4.79 Å². The number of hydrogen-bond acceptors (Lipinski definition) is 6. The number of likely N-dealkylation sites (N-methyl/N-ethyl adjacent to an activating group) is 1. The standard InChI is InChI=1S/C14H22BrN5O2/c1-14(2,3)22-13(21)19-8-11(20(4)17)12(16)10-6-5-9(15)7-18-10/h5-7H,8,16-17H2,1-4H3,(H,19,21)/b12-11-. The van der Waals surface area contributed by atoms with Crippen molar-refractivity contribution >= 4 is 27.7 Å². The summed E-state index contributed by atoms with van der Waals surface area (Å²) in [6.07, 6.45) is 1.10. The Morgan fingerprint density at radius 3 is 2.55 bits per heavy atom. The Bertz CT molecular complexity index is 549. The van der Waals surface area contributed by atoms with Gasteiger partial charge in [-0.1, -0.05) is 0 Å². The van der Waals surface area contributed by atoms with Gasteiger partial charge in [0.05, 0.1) is 23.6 Å². The average molecular weight is 372 g/mol. The van der Waals surface area contributed by atoms with Crippen LogP contribution in [0, 0.1) is 0 Å². The van der Waals surface area contributed by atoms with Crippen molar-refractivity contribution in [1.82, 2.24) is 15.3 Å². The van der Waals surface area contributed by atoms with Crippen molar-refractivity contribution in [2.24, 2.45) is 11.6 Å². The van der Waals surface area contributed by atoms with Gasteiger partial charge in [-0.05, 0) is 48.8 Å². The maximum Gasteiger partial charge on any atom is 0.407 e. The molecule has 0 atom stereocenters. The first kappa shape index (κ1) is 18.2. The van der Waals surface area contributed by atoms with Crippen LogP contribution in [0.4, 0.5) is 4.79 Å². The van der Waals surface area contributed by atoms with Crippen molar-refractivity contribution in [3.05, 3.63) is 34.2 Å². The van der Waals surface area contributed by atoms with E-state index in [-0.39, 0.29) is 6.54 Å². The van der Waals surface area contributed by atoms with Crippen molar-refractivity contribution in [2.75, 3.05) is 13.6 Å². The fourth-order valence-electron chi connectivity index (χ4n) is 1.56. The molecular weight excluding hydrogens is 350 g/mol. The quantitative estimate of drug-likeness (QED) is 0.550. The van der Waals surface area contributed by atoms with Gasteiger partial charge in [0.25, 0.3) is 0 Å². The summed E-state index contributed by atoms with van der Waals surface area (Å²) in [7, 11) is 1.64. The van der Waals surface area contributed by atoms with Gasteiger partial charge in [-0.15, -0.1) is 0 Å². The minimum absolute atomic E-state index is 0.130. The van der Waals surface area contributed by atoms with Gasteiger partial charge in [0.2, 0.25) is 0 Å². The molecule has 0 bridgehead atoms. The second-order valence-electron chi connectivity index (χ2n) is 5.69. The zero-order valence-corrected chi connectivity index (χ0v) is 14.8. The molecule has 7 nitrogen and oxygen atoms in total. The molecule has 0 fully saturated rings. The molecule has 8 heteroatoms. The number of carbonyl (C=O) groups is 1. The number of ether oxygens (including phenoxy) is 1. The predicted molar refractivity (Wildman–Crippen MR) is 89.2 cm³/mol. The molecule has 0 aliphatic heterocycles. The summed E-state index contributed by atoms with van der Waals surface area (Å²) in [5.74, 6) is 5.78. The Morgan fingerprint density at radius 2 is 2.09 bits per heavy atom. The minimum Gasteiger partial charge on any atom is -0.444 e. The van der Waals surface area contributed by atoms with E-state index in [0.717, 1.165) is 4.47 Å². The highest BCUT2D eigenvalue weighted by Crippen LogP contribution is 2.15. The van der Waals surface area contributed by atoms with Gasteiger partial charge >= 0.3 is 6.09 Å². The summed E-state index contributed by atoms with van der Waals surface area (Å²) in [5, 5.41) is 3.97. The molecule has 22 heavy (non-hydrogen) atoms. The van der Waals surface area contributed by atoms with Crippen LogP contribution in [0.3, 0.4) is 0 Å². The molecule has 0 unspecified atom stereocenters. The average Bonchev–Trinajstić information content (AvgIpc) is 2.37. The number of amides is 1. The smallest absolute Gasteiger partial charge is 0.407 e. The Hall–Kier alpha value is -1.80. The van der Waals surface area contributed by atoms with Crippen LogP contribution in [0.1, 0.15) is 26.5 Å². The molecule has 0 aromatic carbocycles. The molecule has 1 aromatic heterocycles. The first-order chi connectivity index (χ1) is 10.1. The summed E-state index contributed by atoms with van der Waals surface area (Å²) in [4.78, 5) is 15.9. The van der Waals surface area contributed by atoms with Crippen LogP contribution in [0.2, 0.25) is 0 Å². The van der Waals surface area contributed by atoms with Crippen LogP contribution in [0.15, 0.2) is 28.5 Å². The van der Waals surface area contributed by atoms with Crippen molar-refractivity contribution in [3.8, 4) is 0 Å². The van der Waals surface area contributed by atoms with Gasteiger partial charge in [0.1, 0.15) is 5.60 Å². The number of hydrazine groups is 1. The lowest BCUT2D eigenvalue weighted by Crippen LogP contribution is -2.38. The van der Waals surface area contributed by atoms with E-state index in [4.69, 9.17) is 16.3 Å². The third-order valence-electron chi connectivity index (χ3n) is 2.54. The van der Waals surface area contributed by atoms with E-state index in [2.05, 4.69) is 26.2 Å². The summed E-state index contributed by atoms with van der Waals surface area (Å²) in [6.45, 7) is 5.50. The van der Waals surface area contributed by atoms with E-state index in [1.54, 1.807) is 40.1 Å². The molecule has 0 aliphatic rings. The molecule has 0 radical (unpaired) electrons. The fourth-order valence-corrected chi connectivity index (χ4v) is 1.80. The van der Waals surface area contributed by atoms with Crippen LogP contribution < -0.4 is 16.9 Å². The number of aromatic nitrogens is 1. The molecule has 0 saturated heterocycles. The topological polar surface area (TPSA) is 106 Å². The Labute approximate surface area is 138 Å². The molecule has 1 rings (SSSR count). The number of halogens is 1. The maximum absolute atomic E-state index is 11.7. The van der Waals surface area contributed by atoms with Crippen molar-refractivity contribution in [3.63, 3.8) is 0 Å². The number of carbonyl (C=O) groups excluding carboxylic acids is 1. The first-order valence-electron chi connectivity index (χ1n) is 6.66. The highest BCUT2D eigenvalue weighted by atomic mass is 79.9. The van der Waals surface area contributed by atoms with Crippen molar-refractivity contribution < 1.29 is 9.53 Å². The molecule has 0 aliphatic carbocycles. The van der Waals surface area contributed by atoms with Gasteiger partial charge in [-0.2, -0.15) is 0 Å². The van der Waals surface area contributed by atoms with E-state index in [0.29, 0.717) is 17.1 Å². The number of alkyl carbamates (subject to hydrolysis) is 1. The summed E-state index contributed by atoms with van der Waals surface area (Å²) >= 11 is 3.31. The molecule has 1 amide bonds. The number of pyridine rings is 1. The predicted octanol–water partition coefficient (Wildman–Crippen LogP) is 1.80. The summed E-state index contributed by atoms with van der Waals surface area (Å²) in [6, 6.07) is 3.58. The van der Waals surface area contributed by atoms with Gasteiger partial charge in [-0.25, -0.2) is 10.6 Å². The zero-order chi connectivity index (χ0) is 16.9. The monoisotopic (exact) mass is 371 g/mol. The second kappa shape index (κ2) is 7.46. The fraction of sp³-hybridized carbons (Fsp3) is 0.429. The molecular formula is C14H22BrN5O2. The van der Waals surface area contributed by atoms with Gasteiger partial charge in [-0.3, -0.25) is 4.98 Å². The van der Waals surface area contributed by atoms with Crippen molar-refractivity contribution in [2.45, 2.75) is 26.4 Å².